The zero-order chi connectivity index (χ0) is 32.8. The van der Waals surface area contributed by atoms with Crippen molar-refractivity contribution in [1.82, 2.24) is 10.2 Å². The molecule has 3 aromatic carbocycles. The Bertz CT molecular complexity index is 1610. The molecule has 5 rings (SSSR count). The van der Waals surface area contributed by atoms with E-state index in [-0.39, 0.29) is 43.3 Å². The lowest BCUT2D eigenvalue weighted by Crippen LogP contribution is -2.56. The molecule has 46 heavy (non-hydrogen) atoms. The van der Waals surface area contributed by atoms with Gasteiger partial charge in [0, 0.05) is 29.8 Å². The average Bonchev–Trinajstić information content (AvgIpc) is 3.48. The number of carbonyl (C=O) groups is 3. The Balaban J connectivity index is 1.58. The number of aldehydes is 1. The lowest BCUT2D eigenvalue weighted by molar-refractivity contribution is -0.136. The molecule has 0 spiro atoms. The first kappa shape index (κ1) is 32.5. The van der Waals surface area contributed by atoms with E-state index >= 15 is 0 Å². The summed E-state index contributed by atoms with van der Waals surface area (Å²) in [7, 11) is 4.57. The maximum Gasteiger partial charge on any atom is 0.247 e. The molecule has 2 amide bonds. The van der Waals surface area contributed by atoms with Gasteiger partial charge in [0.15, 0.2) is 11.5 Å². The number of nitrogens with zero attached hydrogens (tertiary/aromatic N) is 1. The molecule has 11 heteroatoms. The summed E-state index contributed by atoms with van der Waals surface area (Å²) in [4.78, 5) is 41.1. The second-order valence-corrected chi connectivity index (χ2v) is 11.1. The van der Waals surface area contributed by atoms with E-state index in [0.717, 1.165) is 11.1 Å². The quantitative estimate of drug-likeness (QED) is 0.243. The number of carbonyl (C=O) groups excluding carboxylic acids is 3. The highest BCUT2D eigenvalue weighted by molar-refractivity contribution is 5.96. The summed E-state index contributed by atoms with van der Waals surface area (Å²) in [5, 5.41) is 24.1. The fourth-order valence-corrected chi connectivity index (χ4v) is 6.19. The van der Waals surface area contributed by atoms with E-state index in [4.69, 9.17) is 18.9 Å². The van der Waals surface area contributed by atoms with Crippen molar-refractivity contribution in [1.29, 1.82) is 0 Å². The van der Waals surface area contributed by atoms with Gasteiger partial charge >= 0.3 is 0 Å². The predicted octanol–water partition coefficient (Wildman–Crippen LogP) is 2.46. The number of aliphatic hydroxyl groups excluding tert-OH is 2. The minimum Gasteiger partial charge on any atom is -0.497 e. The summed E-state index contributed by atoms with van der Waals surface area (Å²) < 4.78 is 22.8. The number of amides is 2. The summed E-state index contributed by atoms with van der Waals surface area (Å²) in [5.41, 5.74) is 2.66. The third kappa shape index (κ3) is 6.56. The molecule has 1 aliphatic heterocycles. The van der Waals surface area contributed by atoms with Crippen molar-refractivity contribution in [2.45, 2.75) is 37.0 Å². The first-order valence-electron chi connectivity index (χ1n) is 15.0. The fraction of sp³-hybridized carbons (Fsp3) is 0.343. The number of aliphatic hydroxyl groups is 2. The molecule has 2 aliphatic rings. The van der Waals surface area contributed by atoms with E-state index in [1.165, 1.54) is 13.2 Å². The molecule has 242 valence electrons. The zero-order valence-corrected chi connectivity index (χ0v) is 26.0. The smallest absolute Gasteiger partial charge is 0.247 e. The summed E-state index contributed by atoms with van der Waals surface area (Å²) in [5.74, 6) is 0.325. The van der Waals surface area contributed by atoms with Gasteiger partial charge < -0.3 is 39.4 Å². The summed E-state index contributed by atoms with van der Waals surface area (Å²) in [6.45, 7) is -0.111. The van der Waals surface area contributed by atoms with Gasteiger partial charge in [-0.2, -0.15) is 0 Å². The standard InChI is InChI=1S/C35H38N2O9/c1-43-24-9-10-28(44-2)23(18-24)11-13-37(30(40)17-21-7-5-4-6-8-21)27-19-26(35(42)36-12-14-38)31-25-15-22(20-39)16-29(45-3)33(25)46-34(31)32(27)41/h4-10,15-16,18-20,27,31-32,34,38,41H,11-14,17H2,1-3H3,(H,36,42)/t27-,31+,32+,34+/m1/s1. The van der Waals surface area contributed by atoms with Crippen LogP contribution in [0.1, 0.15) is 33.0 Å². The van der Waals surface area contributed by atoms with E-state index in [9.17, 15) is 24.6 Å². The van der Waals surface area contributed by atoms with E-state index in [2.05, 4.69) is 5.32 Å². The largest absolute Gasteiger partial charge is 0.497 e. The van der Waals surface area contributed by atoms with Crippen LogP contribution in [0.3, 0.4) is 0 Å². The van der Waals surface area contributed by atoms with E-state index in [0.29, 0.717) is 41.1 Å². The van der Waals surface area contributed by atoms with Crippen molar-refractivity contribution >= 4 is 18.1 Å². The molecule has 0 bridgehead atoms. The van der Waals surface area contributed by atoms with Crippen LogP contribution in [-0.2, 0) is 22.4 Å². The van der Waals surface area contributed by atoms with E-state index < -0.39 is 30.1 Å². The number of ether oxygens (including phenoxy) is 4. The van der Waals surface area contributed by atoms with Gasteiger partial charge in [0.2, 0.25) is 11.8 Å². The number of rotatable bonds is 13. The molecular weight excluding hydrogens is 592 g/mol. The Labute approximate surface area is 267 Å². The predicted molar refractivity (Wildman–Crippen MR) is 169 cm³/mol. The molecule has 0 radical (unpaired) electrons. The third-order valence-corrected chi connectivity index (χ3v) is 8.40. The van der Waals surface area contributed by atoms with Crippen molar-refractivity contribution in [2.24, 2.45) is 0 Å². The lowest BCUT2D eigenvalue weighted by atomic mass is 9.77. The first-order valence-corrected chi connectivity index (χ1v) is 15.0. The van der Waals surface area contributed by atoms with Gasteiger partial charge in [-0.25, -0.2) is 0 Å². The highest BCUT2D eigenvalue weighted by Gasteiger charge is 2.51. The van der Waals surface area contributed by atoms with Crippen LogP contribution >= 0.6 is 0 Å². The topological polar surface area (TPSA) is 144 Å². The van der Waals surface area contributed by atoms with Crippen LogP contribution in [0.5, 0.6) is 23.0 Å². The monoisotopic (exact) mass is 630 g/mol. The Kier molecular flexibility index (Phi) is 10.2. The summed E-state index contributed by atoms with van der Waals surface area (Å²) >= 11 is 0. The van der Waals surface area contributed by atoms with Crippen molar-refractivity contribution in [2.75, 3.05) is 41.0 Å². The Morgan fingerprint density at radius 1 is 1.00 bits per heavy atom. The molecule has 3 N–H and O–H groups in total. The molecular formula is C35H38N2O9. The Hall–Kier alpha value is -4.87. The van der Waals surface area contributed by atoms with Crippen molar-refractivity contribution in [3.8, 4) is 23.0 Å². The lowest BCUT2D eigenvalue weighted by Gasteiger charge is -2.41. The average molecular weight is 631 g/mol. The molecule has 0 saturated carbocycles. The molecule has 0 saturated heterocycles. The van der Waals surface area contributed by atoms with Crippen molar-refractivity contribution in [3.05, 3.63) is 94.6 Å². The van der Waals surface area contributed by atoms with Gasteiger partial charge in [-0.1, -0.05) is 30.3 Å². The van der Waals surface area contributed by atoms with Gasteiger partial charge in [0.25, 0.3) is 0 Å². The van der Waals surface area contributed by atoms with Gasteiger partial charge in [-0.3, -0.25) is 14.4 Å². The van der Waals surface area contributed by atoms with E-state index in [1.807, 2.05) is 36.4 Å². The van der Waals surface area contributed by atoms with E-state index in [1.54, 1.807) is 43.4 Å². The number of benzene rings is 3. The molecule has 3 aromatic rings. The van der Waals surface area contributed by atoms with Crippen LogP contribution in [0.15, 0.2) is 72.3 Å². The third-order valence-electron chi connectivity index (χ3n) is 8.40. The second-order valence-electron chi connectivity index (χ2n) is 11.1. The summed E-state index contributed by atoms with van der Waals surface area (Å²) in [6, 6.07) is 16.9. The van der Waals surface area contributed by atoms with Crippen LogP contribution in [0.2, 0.25) is 0 Å². The number of nitrogens with one attached hydrogen (secondary N) is 1. The van der Waals surface area contributed by atoms with Crippen LogP contribution in [-0.4, -0.2) is 92.5 Å². The highest BCUT2D eigenvalue weighted by atomic mass is 16.5. The maximum atomic E-state index is 14.1. The minimum atomic E-state index is -1.26. The normalized spacial score (nSPS) is 19.5. The molecule has 0 fully saturated rings. The first-order chi connectivity index (χ1) is 22.3. The van der Waals surface area contributed by atoms with Gasteiger partial charge in [-0.05, 0) is 54.0 Å². The molecule has 0 unspecified atom stereocenters. The van der Waals surface area contributed by atoms with Crippen LogP contribution < -0.4 is 24.3 Å². The zero-order valence-electron chi connectivity index (χ0n) is 26.0. The molecule has 1 heterocycles. The summed E-state index contributed by atoms with van der Waals surface area (Å²) in [6.07, 6.45) is 0.449. The Morgan fingerprint density at radius 2 is 1.76 bits per heavy atom. The van der Waals surface area contributed by atoms with Crippen LogP contribution in [0.25, 0.3) is 0 Å². The second kappa shape index (κ2) is 14.5. The number of methoxy groups -OCH3 is 3. The van der Waals surface area contributed by atoms with Gasteiger partial charge in [0.1, 0.15) is 30.0 Å². The Morgan fingerprint density at radius 3 is 2.43 bits per heavy atom. The van der Waals surface area contributed by atoms with Crippen LogP contribution in [0, 0.1) is 0 Å². The number of fused-ring (bicyclic) bond motifs is 3. The van der Waals surface area contributed by atoms with Crippen molar-refractivity contribution in [3.63, 3.8) is 0 Å². The molecule has 0 aromatic heterocycles. The minimum absolute atomic E-state index is 0.00151. The highest BCUT2D eigenvalue weighted by Crippen LogP contribution is 2.51. The van der Waals surface area contributed by atoms with Gasteiger partial charge in [-0.15, -0.1) is 0 Å². The number of hydrogen-bond acceptors (Lipinski definition) is 9. The maximum absolute atomic E-state index is 14.1. The molecule has 11 nitrogen and oxygen atoms in total. The van der Waals surface area contributed by atoms with Crippen molar-refractivity contribution < 1.29 is 43.5 Å². The SMILES string of the molecule is COc1ccc(OC)c(CCN(C(=O)Cc2ccccc2)[C@@H]2C=C(C(=O)NCCO)[C@@H]3c4cc(C=O)cc(OC)c4O[C@@H]3[C@H]2O)c1. The molecule has 4 atom stereocenters. The van der Waals surface area contributed by atoms with Crippen LogP contribution in [0.4, 0.5) is 0 Å². The van der Waals surface area contributed by atoms with Gasteiger partial charge in [0.05, 0.1) is 46.3 Å². The fourth-order valence-electron chi connectivity index (χ4n) is 6.19. The molecule has 1 aliphatic carbocycles. The number of hydrogen-bond donors (Lipinski definition) is 3.